The molecule has 0 saturated carbocycles. The van der Waals surface area contributed by atoms with Crippen LogP contribution in [0.4, 0.5) is 10.1 Å². The van der Waals surface area contributed by atoms with Crippen molar-refractivity contribution < 1.29 is 9.13 Å². The molecule has 0 aliphatic carbocycles. The molecule has 1 N–H and O–H groups in total. The first kappa shape index (κ1) is 14.4. The van der Waals surface area contributed by atoms with E-state index >= 15 is 0 Å². The first-order valence-corrected chi connectivity index (χ1v) is 6.89. The summed E-state index contributed by atoms with van der Waals surface area (Å²) in [5.74, 6) is 0.237. The Kier molecular flexibility index (Phi) is 4.99. The Bertz CT molecular complexity index is 542. The van der Waals surface area contributed by atoms with E-state index in [-0.39, 0.29) is 11.9 Å². The first-order chi connectivity index (χ1) is 9.74. The van der Waals surface area contributed by atoms with Crippen LogP contribution >= 0.6 is 0 Å². The van der Waals surface area contributed by atoms with E-state index in [1.807, 2.05) is 18.2 Å². The van der Waals surface area contributed by atoms with Crippen LogP contribution in [0.3, 0.4) is 0 Å². The third-order valence-corrected chi connectivity index (χ3v) is 3.27. The zero-order valence-electron chi connectivity index (χ0n) is 11.9. The standard InChI is InChI=1S/C17H20FNO/c1-3-7-15(13-8-5-4-6-9-13)19-16-11-10-14(18)12-17(16)20-2/h4-6,8-12,15,19H,3,7H2,1-2H3. The lowest BCUT2D eigenvalue weighted by Crippen LogP contribution is -2.11. The van der Waals surface area contributed by atoms with Crippen molar-refractivity contribution in [3.63, 3.8) is 0 Å². The largest absolute Gasteiger partial charge is 0.494 e. The van der Waals surface area contributed by atoms with E-state index in [1.165, 1.54) is 17.7 Å². The zero-order valence-corrected chi connectivity index (χ0v) is 11.9. The van der Waals surface area contributed by atoms with Crippen LogP contribution in [0.5, 0.6) is 5.75 Å². The molecule has 0 spiro atoms. The molecule has 0 heterocycles. The number of methoxy groups -OCH3 is 1. The van der Waals surface area contributed by atoms with E-state index in [1.54, 1.807) is 13.2 Å². The van der Waals surface area contributed by atoms with Crippen LogP contribution in [0.1, 0.15) is 31.4 Å². The highest BCUT2D eigenvalue weighted by molar-refractivity contribution is 5.57. The van der Waals surface area contributed by atoms with Crippen molar-refractivity contribution in [3.05, 3.63) is 59.9 Å². The number of rotatable bonds is 6. The Labute approximate surface area is 119 Å². The SMILES string of the molecule is CCCC(Nc1ccc(F)cc1OC)c1ccccc1. The van der Waals surface area contributed by atoms with Crippen molar-refractivity contribution in [2.45, 2.75) is 25.8 Å². The number of anilines is 1. The zero-order chi connectivity index (χ0) is 14.4. The average molecular weight is 273 g/mol. The van der Waals surface area contributed by atoms with Gasteiger partial charge in [0.2, 0.25) is 0 Å². The summed E-state index contributed by atoms with van der Waals surface area (Å²) in [5.41, 5.74) is 2.04. The highest BCUT2D eigenvalue weighted by atomic mass is 19.1. The minimum Gasteiger partial charge on any atom is -0.494 e. The van der Waals surface area contributed by atoms with Crippen LogP contribution in [0.15, 0.2) is 48.5 Å². The number of hydrogen-bond acceptors (Lipinski definition) is 2. The number of hydrogen-bond donors (Lipinski definition) is 1. The highest BCUT2D eigenvalue weighted by Crippen LogP contribution is 2.30. The Morgan fingerprint density at radius 2 is 1.90 bits per heavy atom. The van der Waals surface area contributed by atoms with Crippen molar-refractivity contribution in [1.82, 2.24) is 0 Å². The molecule has 0 saturated heterocycles. The molecule has 0 aromatic heterocycles. The van der Waals surface area contributed by atoms with Gasteiger partial charge >= 0.3 is 0 Å². The molecule has 1 unspecified atom stereocenters. The minimum absolute atomic E-state index is 0.195. The number of nitrogens with one attached hydrogen (secondary N) is 1. The molecule has 1 atom stereocenters. The lowest BCUT2D eigenvalue weighted by Gasteiger charge is -2.21. The van der Waals surface area contributed by atoms with Crippen LogP contribution in [0, 0.1) is 5.82 Å². The van der Waals surface area contributed by atoms with Gasteiger partial charge in [-0.15, -0.1) is 0 Å². The fourth-order valence-corrected chi connectivity index (χ4v) is 2.27. The second kappa shape index (κ2) is 6.94. The summed E-state index contributed by atoms with van der Waals surface area (Å²) < 4.78 is 18.5. The van der Waals surface area contributed by atoms with Gasteiger partial charge in [-0.2, -0.15) is 0 Å². The molecule has 0 aliphatic rings. The van der Waals surface area contributed by atoms with Gasteiger partial charge in [-0.1, -0.05) is 43.7 Å². The third kappa shape index (κ3) is 3.50. The van der Waals surface area contributed by atoms with E-state index in [9.17, 15) is 4.39 Å². The Morgan fingerprint density at radius 3 is 2.55 bits per heavy atom. The van der Waals surface area contributed by atoms with Crippen molar-refractivity contribution in [1.29, 1.82) is 0 Å². The van der Waals surface area contributed by atoms with E-state index in [4.69, 9.17) is 4.74 Å². The number of ether oxygens (including phenoxy) is 1. The molecule has 0 bridgehead atoms. The summed E-state index contributed by atoms with van der Waals surface area (Å²) in [6.45, 7) is 2.15. The first-order valence-electron chi connectivity index (χ1n) is 6.89. The normalized spacial score (nSPS) is 11.9. The van der Waals surface area contributed by atoms with Gasteiger partial charge in [0, 0.05) is 6.07 Å². The second-order valence-corrected chi connectivity index (χ2v) is 4.74. The monoisotopic (exact) mass is 273 g/mol. The quantitative estimate of drug-likeness (QED) is 0.817. The maximum absolute atomic E-state index is 13.2. The molecular weight excluding hydrogens is 253 g/mol. The summed E-state index contributed by atoms with van der Waals surface area (Å²) in [4.78, 5) is 0. The maximum Gasteiger partial charge on any atom is 0.144 e. The molecular formula is C17H20FNO. The van der Waals surface area contributed by atoms with Gasteiger partial charge in [-0.25, -0.2) is 4.39 Å². The van der Waals surface area contributed by atoms with E-state index in [2.05, 4.69) is 24.4 Å². The number of halogens is 1. The van der Waals surface area contributed by atoms with Crippen LogP contribution in [-0.4, -0.2) is 7.11 Å². The van der Waals surface area contributed by atoms with Crippen LogP contribution in [0.25, 0.3) is 0 Å². The van der Waals surface area contributed by atoms with Crippen molar-refractivity contribution in [2.24, 2.45) is 0 Å². The van der Waals surface area contributed by atoms with Gasteiger partial charge in [0.25, 0.3) is 0 Å². The summed E-state index contributed by atoms with van der Waals surface area (Å²) in [5, 5.41) is 3.45. The molecule has 0 fully saturated rings. The van der Waals surface area contributed by atoms with E-state index < -0.39 is 0 Å². The average Bonchev–Trinajstić information content (AvgIpc) is 2.49. The molecule has 2 aromatic rings. The lowest BCUT2D eigenvalue weighted by molar-refractivity contribution is 0.412. The fraction of sp³-hybridized carbons (Fsp3) is 0.294. The van der Waals surface area contributed by atoms with Crippen molar-refractivity contribution in [2.75, 3.05) is 12.4 Å². The molecule has 2 rings (SSSR count). The lowest BCUT2D eigenvalue weighted by atomic mass is 10.0. The molecule has 20 heavy (non-hydrogen) atoms. The predicted octanol–water partition coefficient (Wildman–Crippen LogP) is 4.79. The van der Waals surface area contributed by atoms with Crippen molar-refractivity contribution in [3.8, 4) is 5.75 Å². The molecule has 0 radical (unpaired) electrons. The summed E-state index contributed by atoms with van der Waals surface area (Å²) in [6, 6.07) is 15.0. The molecule has 0 amide bonds. The summed E-state index contributed by atoms with van der Waals surface area (Å²) in [7, 11) is 1.55. The molecule has 0 aliphatic heterocycles. The molecule has 2 nitrogen and oxygen atoms in total. The highest BCUT2D eigenvalue weighted by Gasteiger charge is 2.13. The van der Waals surface area contributed by atoms with Crippen LogP contribution in [-0.2, 0) is 0 Å². The topological polar surface area (TPSA) is 21.3 Å². The van der Waals surface area contributed by atoms with Gasteiger partial charge in [-0.3, -0.25) is 0 Å². The Morgan fingerprint density at radius 1 is 1.15 bits per heavy atom. The fourth-order valence-electron chi connectivity index (χ4n) is 2.27. The third-order valence-electron chi connectivity index (χ3n) is 3.27. The van der Waals surface area contributed by atoms with Gasteiger partial charge in [0.15, 0.2) is 0 Å². The van der Waals surface area contributed by atoms with Gasteiger partial charge in [0.1, 0.15) is 11.6 Å². The smallest absolute Gasteiger partial charge is 0.144 e. The maximum atomic E-state index is 13.2. The van der Waals surface area contributed by atoms with E-state index in [0.717, 1.165) is 18.5 Å². The minimum atomic E-state index is -0.292. The molecule has 2 aromatic carbocycles. The Hall–Kier alpha value is -2.03. The Balaban J connectivity index is 2.24. The van der Waals surface area contributed by atoms with Gasteiger partial charge in [0.05, 0.1) is 18.8 Å². The van der Waals surface area contributed by atoms with Crippen LogP contribution < -0.4 is 10.1 Å². The second-order valence-electron chi connectivity index (χ2n) is 4.74. The van der Waals surface area contributed by atoms with Crippen LogP contribution in [0.2, 0.25) is 0 Å². The summed E-state index contributed by atoms with van der Waals surface area (Å²) >= 11 is 0. The number of benzene rings is 2. The van der Waals surface area contributed by atoms with E-state index in [0.29, 0.717) is 5.75 Å². The van der Waals surface area contributed by atoms with Gasteiger partial charge in [-0.05, 0) is 24.1 Å². The predicted molar refractivity (Wildman–Crippen MR) is 80.7 cm³/mol. The molecule has 3 heteroatoms. The van der Waals surface area contributed by atoms with Gasteiger partial charge < -0.3 is 10.1 Å². The van der Waals surface area contributed by atoms with Crippen molar-refractivity contribution >= 4 is 5.69 Å². The molecule has 106 valence electrons. The summed E-state index contributed by atoms with van der Waals surface area (Å²) in [6.07, 6.45) is 2.07.